The lowest BCUT2D eigenvalue weighted by atomic mass is 9.99. The molecule has 33 heavy (non-hydrogen) atoms. The minimum absolute atomic E-state index is 0.194. The average Bonchev–Trinajstić information content (AvgIpc) is 3.19. The first-order valence-electron chi connectivity index (χ1n) is 11.0. The van der Waals surface area contributed by atoms with Crippen molar-refractivity contribution >= 4 is 32.6 Å². The molecule has 2 aromatic heterocycles. The number of terminal acetylenes is 1. The lowest BCUT2D eigenvalue weighted by Gasteiger charge is -2.36. The van der Waals surface area contributed by atoms with Gasteiger partial charge in [0.2, 0.25) is 10.0 Å². The van der Waals surface area contributed by atoms with Crippen LogP contribution in [0, 0.1) is 12.3 Å². The molecule has 1 fully saturated rings. The maximum Gasteiger partial charge on any atom is 0.211 e. The third-order valence-electron chi connectivity index (χ3n) is 6.37. The van der Waals surface area contributed by atoms with Gasteiger partial charge in [-0.3, -0.25) is 4.90 Å². The van der Waals surface area contributed by atoms with Gasteiger partial charge in [-0.1, -0.05) is 25.0 Å². The minimum Gasteiger partial charge on any atom is -0.334 e. The van der Waals surface area contributed by atoms with Crippen molar-refractivity contribution in [1.29, 1.82) is 0 Å². The first-order chi connectivity index (χ1) is 15.7. The maximum absolute atomic E-state index is 11.8. The Bertz CT molecular complexity index is 1300. The highest BCUT2D eigenvalue weighted by molar-refractivity contribution is 7.88. The van der Waals surface area contributed by atoms with E-state index < -0.39 is 10.0 Å². The van der Waals surface area contributed by atoms with E-state index in [1.54, 1.807) is 12.5 Å². The number of imidazole rings is 1. The van der Waals surface area contributed by atoms with Gasteiger partial charge in [0.25, 0.3) is 0 Å². The van der Waals surface area contributed by atoms with Crippen molar-refractivity contribution in [3.05, 3.63) is 47.9 Å². The van der Waals surface area contributed by atoms with Crippen LogP contribution >= 0.6 is 0 Å². The SMILES string of the molecule is C#CC(c1ccc(N(C)c2cc3c(cn2)ncn3C)c(CC)c1)N1CCN(S(C)(=O)=O)CC1. The molecule has 3 heterocycles. The molecule has 3 aromatic rings. The highest BCUT2D eigenvalue weighted by Crippen LogP contribution is 2.32. The summed E-state index contributed by atoms with van der Waals surface area (Å²) in [5, 5.41) is 0. The number of aryl methyl sites for hydroxylation is 2. The molecule has 0 amide bonds. The molecular formula is C24H30N6O2S. The van der Waals surface area contributed by atoms with Crippen molar-refractivity contribution in [1.82, 2.24) is 23.7 Å². The molecule has 1 aromatic carbocycles. The van der Waals surface area contributed by atoms with Crippen molar-refractivity contribution in [3.8, 4) is 12.3 Å². The largest absolute Gasteiger partial charge is 0.334 e. The zero-order chi connectivity index (χ0) is 23.8. The van der Waals surface area contributed by atoms with Gasteiger partial charge >= 0.3 is 0 Å². The fourth-order valence-electron chi connectivity index (χ4n) is 4.42. The molecule has 0 spiro atoms. The molecule has 0 bridgehead atoms. The predicted molar refractivity (Wildman–Crippen MR) is 132 cm³/mol. The number of piperazine rings is 1. The number of sulfonamides is 1. The van der Waals surface area contributed by atoms with Gasteiger partial charge in [-0.2, -0.15) is 4.31 Å². The van der Waals surface area contributed by atoms with Gasteiger partial charge in [0.05, 0.1) is 30.3 Å². The van der Waals surface area contributed by atoms with Crippen molar-refractivity contribution < 1.29 is 8.42 Å². The lowest BCUT2D eigenvalue weighted by Crippen LogP contribution is -2.49. The summed E-state index contributed by atoms with van der Waals surface area (Å²) in [7, 11) is 0.816. The lowest BCUT2D eigenvalue weighted by molar-refractivity contribution is 0.164. The molecule has 1 atom stereocenters. The van der Waals surface area contributed by atoms with Gasteiger partial charge in [0.15, 0.2) is 0 Å². The maximum atomic E-state index is 11.8. The molecule has 0 aliphatic carbocycles. The van der Waals surface area contributed by atoms with Gasteiger partial charge < -0.3 is 9.47 Å². The molecule has 4 rings (SSSR count). The average molecular weight is 467 g/mol. The third kappa shape index (κ3) is 4.60. The van der Waals surface area contributed by atoms with E-state index in [0.717, 1.165) is 34.5 Å². The van der Waals surface area contributed by atoms with E-state index in [9.17, 15) is 8.42 Å². The number of nitrogens with zero attached hydrogens (tertiary/aromatic N) is 6. The van der Waals surface area contributed by atoms with Crippen molar-refractivity contribution in [2.45, 2.75) is 19.4 Å². The summed E-state index contributed by atoms with van der Waals surface area (Å²) in [6.45, 7) is 4.27. The number of rotatable bonds is 6. The monoisotopic (exact) mass is 466 g/mol. The molecule has 1 saturated heterocycles. The Morgan fingerprint density at radius 3 is 2.55 bits per heavy atom. The fourth-order valence-corrected chi connectivity index (χ4v) is 5.25. The number of hydrogen-bond donors (Lipinski definition) is 0. The Labute approximate surface area is 195 Å². The van der Waals surface area contributed by atoms with Gasteiger partial charge in [-0.15, -0.1) is 6.42 Å². The fraction of sp³-hybridized carbons (Fsp3) is 0.417. The van der Waals surface area contributed by atoms with Crippen LogP contribution in [0.3, 0.4) is 0 Å². The van der Waals surface area contributed by atoms with E-state index in [1.165, 1.54) is 16.1 Å². The van der Waals surface area contributed by atoms with Crippen molar-refractivity contribution in [2.24, 2.45) is 7.05 Å². The second kappa shape index (κ2) is 9.14. The zero-order valence-electron chi connectivity index (χ0n) is 19.6. The second-order valence-corrected chi connectivity index (χ2v) is 10.4. The molecule has 9 heteroatoms. The highest BCUT2D eigenvalue weighted by Gasteiger charge is 2.28. The van der Waals surface area contributed by atoms with E-state index in [-0.39, 0.29) is 6.04 Å². The van der Waals surface area contributed by atoms with Crippen LogP contribution in [0.4, 0.5) is 11.5 Å². The molecule has 0 radical (unpaired) electrons. The number of pyridine rings is 1. The Morgan fingerprint density at radius 2 is 1.91 bits per heavy atom. The summed E-state index contributed by atoms with van der Waals surface area (Å²) < 4.78 is 27.2. The van der Waals surface area contributed by atoms with E-state index in [4.69, 9.17) is 6.42 Å². The number of fused-ring (bicyclic) bond motifs is 1. The predicted octanol–water partition coefficient (Wildman–Crippen LogP) is 2.55. The Balaban J connectivity index is 1.59. The minimum atomic E-state index is -3.17. The van der Waals surface area contributed by atoms with Crippen LogP contribution in [-0.2, 0) is 23.5 Å². The molecular weight excluding hydrogens is 436 g/mol. The summed E-state index contributed by atoms with van der Waals surface area (Å²) in [5.74, 6) is 3.77. The van der Waals surface area contributed by atoms with E-state index in [0.29, 0.717) is 26.2 Å². The van der Waals surface area contributed by atoms with Gasteiger partial charge in [0, 0.05) is 52.0 Å². The number of benzene rings is 1. The number of hydrogen-bond acceptors (Lipinski definition) is 6. The summed E-state index contributed by atoms with van der Waals surface area (Å²) >= 11 is 0. The molecule has 1 unspecified atom stereocenters. The summed E-state index contributed by atoms with van der Waals surface area (Å²) in [5.41, 5.74) is 5.20. The first kappa shape index (κ1) is 23.2. The van der Waals surface area contributed by atoms with Crippen LogP contribution in [0.25, 0.3) is 11.0 Å². The quantitative estimate of drug-likeness (QED) is 0.520. The summed E-state index contributed by atoms with van der Waals surface area (Å²) in [4.78, 5) is 13.2. The van der Waals surface area contributed by atoms with E-state index in [2.05, 4.69) is 50.8 Å². The Hall–Kier alpha value is -2.93. The van der Waals surface area contributed by atoms with Crippen LogP contribution in [0.5, 0.6) is 0 Å². The van der Waals surface area contributed by atoms with Crippen LogP contribution in [0.15, 0.2) is 36.8 Å². The van der Waals surface area contributed by atoms with E-state index in [1.807, 2.05) is 24.7 Å². The molecule has 0 N–H and O–H groups in total. The molecule has 1 aliphatic rings. The first-order valence-corrected chi connectivity index (χ1v) is 12.9. The van der Waals surface area contributed by atoms with Crippen molar-refractivity contribution in [3.63, 3.8) is 0 Å². The highest BCUT2D eigenvalue weighted by atomic mass is 32.2. The van der Waals surface area contributed by atoms with Crippen LogP contribution in [-0.4, -0.2) is 71.6 Å². The molecule has 0 saturated carbocycles. The molecule has 174 valence electrons. The Kier molecular flexibility index (Phi) is 6.43. The summed E-state index contributed by atoms with van der Waals surface area (Å²) in [6, 6.07) is 8.19. The van der Waals surface area contributed by atoms with E-state index >= 15 is 0 Å². The number of anilines is 2. The summed E-state index contributed by atoms with van der Waals surface area (Å²) in [6.07, 6.45) is 11.6. The Morgan fingerprint density at radius 1 is 1.18 bits per heavy atom. The molecule has 8 nitrogen and oxygen atoms in total. The zero-order valence-corrected chi connectivity index (χ0v) is 20.4. The van der Waals surface area contributed by atoms with Gasteiger partial charge in [0.1, 0.15) is 11.3 Å². The second-order valence-electron chi connectivity index (χ2n) is 8.45. The standard InChI is InChI=1S/C24H30N6O2S/c1-6-18-14-19(21(7-2)29-10-12-30(13-11-29)33(5,31)32)8-9-22(18)28(4)24-15-23-20(16-25-24)26-17-27(23)3/h2,8-9,14-17,21H,6,10-13H2,1,3-5H3. The van der Waals surface area contributed by atoms with Crippen molar-refractivity contribution in [2.75, 3.05) is 44.4 Å². The topological polar surface area (TPSA) is 74.6 Å². The van der Waals surface area contributed by atoms with Gasteiger partial charge in [-0.05, 0) is 23.6 Å². The van der Waals surface area contributed by atoms with Gasteiger partial charge in [-0.25, -0.2) is 18.4 Å². The smallest absolute Gasteiger partial charge is 0.211 e. The molecule has 1 aliphatic heterocycles. The third-order valence-corrected chi connectivity index (χ3v) is 7.67. The number of aromatic nitrogens is 3. The van der Waals surface area contributed by atoms with Crippen LogP contribution < -0.4 is 4.90 Å². The normalized spacial score (nSPS) is 16.6. The van der Waals surface area contributed by atoms with Crippen LogP contribution in [0.1, 0.15) is 24.1 Å². The van der Waals surface area contributed by atoms with Crippen LogP contribution in [0.2, 0.25) is 0 Å².